The number of rotatable bonds is 5. The molecule has 2 aromatic rings. The van der Waals surface area contributed by atoms with E-state index in [1.807, 2.05) is 61.5 Å². The molecule has 0 saturated carbocycles. The van der Waals surface area contributed by atoms with E-state index in [4.69, 9.17) is 0 Å². The highest BCUT2D eigenvalue weighted by Crippen LogP contribution is 2.09. The average molecular weight is 252 g/mol. The van der Waals surface area contributed by atoms with E-state index in [0.29, 0.717) is 0 Å². The van der Waals surface area contributed by atoms with Gasteiger partial charge in [0.15, 0.2) is 0 Å². The lowest BCUT2D eigenvalue weighted by Gasteiger charge is -2.04. The molecule has 0 bridgehead atoms. The van der Waals surface area contributed by atoms with Crippen LogP contribution in [-0.4, -0.2) is 11.6 Å². The number of ketones is 2. The molecule has 2 rings (SSSR count). The molecule has 0 aromatic heterocycles. The van der Waals surface area contributed by atoms with E-state index in [0.717, 1.165) is 16.7 Å². The molecule has 0 amide bonds. The van der Waals surface area contributed by atoms with Crippen molar-refractivity contribution >= 4 is 11.6 Å². The molecule has 96 valence electrons. The Morgan fingerprint density at radius 3 is 2.05 bits per heavy atom. The van der Waals surface area contributed by atoms with Gasteiger partial charge in [0.05, 0.1) is 0 Å². The molecule has 0 fully saturated rings. The van der Waals surface area contributed by atoms with Crippen molar-refractivity contribution in [1.29, 1.82) is 0 Å². The first-order valence-electron chi connectivity index (χ1n) is 6.31. The van der Waals surface area contributed by atoms with Crippen LogP contribution >= 0.6 is 0 Å². The van der Waals surface area contributed by atoms with Crippen molar-refractivity contribution in [2.24, 2.45) is 0 Å². The molecule has 0 atom stereocenters. The fraction of sp³-hybridized carbons (Fsp3) is 0.176. The second kappa shape index (κ2) is 6.10. The number of hydrogen-bond donors (Lipinski definition) is 0. The van der Waals surface area contributed by atoms with Gasteiger partial charge in [-0.15, -0.1) is 0 Å². The molecule has 2 aromatic carbocycles. The highest BCUT2D eigenvalue weighted by atomic mass is 16.2. The van der Waals surface area contributed by atoms with Crippen LogP contribution in [0.3, 0.4) is 0 Å². The van der Waals surface area contributed by atoms with Crippen molar-refractivity contribution in [2.75, 3.05) is 0 Å². The van der Waals surface area contributed by atoms with E-state index in [9.17, 15) is 9.59 Å². The fourth-order valence-electron chi connectivity index (χ4n) is 1.96. The smallest absolute Gasteiger partial charge is 0.203 e. The van der Waals surface area contributed by atoms with Gasteiger partial charge in [-0.25, -0.2) is 0 Å². The van der Waals surface area contributed by atoms with Gasteiger partial charge >= 0.3 is 0 Å². The van der Waals surface area contributed by atoms with Crippen LogP contribution in [0.5, 0.6) is 0 Å². The van der Waals surface area contributed by atoms with Crippen LogP contribution in [0, 0.1) is 6.92 Å². The molecule has 0 aliphatic heterocycles. The van der Waals surface area contributed by atoms with Gasteiger partial charge in [-0.2, -0.15) is 0 Å². The maximum Gasteiger partial charge on any atom is 0.203 e. The lowest BCUT2D eigenvalue weighted by molar-refractivity contribution is -0.135. The molecular weight excluding hydrogens is 236 g/mol. The summed E-state index contributed by atoms with van der Waals surface area (Å²) in [5, 5.41) is 0. The van der Waals surface area contributed by atoms with Gasteiger partial charge in [0, 0.05) is 12.8 Å². The summed E-state index contributed by atoms with van der Waals surface area (Å²) in [6, 6.07) is 17.0. The zero-order valence-electron chi connectivity index (χ0n) is 10.9. The third-order valence-electron chi connectivity index (χ3n) is 3.13. The SMILES string of the molecule is Cc1ccccc1CC(=O)C(=O)Cc1ccccc1. The van der Waals surface area contributed by atoms with E-state index < -0.39 is 0 Å². The molecule has 0 unspecified atom stereocenters. The number of hydrogen-bond acceptors (Lipinski definition) is 2. The summed E-state index contributed by atoms with van der Waals surface area (Å²) in [6.45, 7) is 1.95. The molecule has 0 radical (unpaired) electrons. The second-order valence-electron chi connectivity index (χ2n) is 4.61. The van der Waals surface area contributed by atoms with Crippen LogP contribution in [0.1, 0.15) is 16.7 Å². The quantitative estimate of drug-likeness (QED) is 0.767. The molecule has 0 heterocycles. The third-order valence-corrected chi connectivity index (χ3v) is 3.13. The normalized spacial score (nSPS) is 10.2. The summed E-state index contributed by atoms with van der Waals surface area (Å²) in [5.41, 5.74) is 2.85. The zero-order chi connectivity index (χ0) is 13.7. The first-order valence-corrected chi connectivity index (χ1v) is 6.31. The van der Waals surface area contributed by atoms with Crippen LogP contribution in [-0.2, 0) is 22.4 Å². The Labute approximate surface area is 113 Å². The molecule has 0 spiro atoms. The number of benzene rings is 2. The molecule has 0 saturated heterocycles. The highest BCUT2D eigenvalue weighted by Gasteiger charge is 2.15. The van der Waals surface area contributed by atoms with Crippen molar-refractivity contribution in [3.8, 4) is 0 Å². The van der Waals surface area contributed by atoms with Crippen LogP contribution in [0.2, 0.25) is 0 Å². The first kappa shape index (κ1) is 13.2. The van der Waals surface area contributed by atoms with Gasteiger partial charge in [0.25, 0.3) is 0 Å². The minimum absolute atomic E-state index is 0.186. The van der Waals surface area contributed by atoms with Gasteiger partial charge in [-0.3, -0.25) is 9.59 Å². The van der Waals surface area contributed by atoms with Crippen molar-refractivity contribution < 1.29 is 9.59 Å². The Morgan fingerprint density at radius 2 is 1.37 bits per heavy atom. The van der Waals surface area contributed by atoms with E-state index in [1.54, 1.807) is 0 Å². The summed E-state index contributed by atoms with van der Waals surface area (Å²) in [5.74, 6) is -0.646. The highest BCUT2D eigenvalue weighted by molar-refractivity contribution is 6.38. The maximum atomic E-state index is 11.9. The van der Waals surface area contributed by atoms with Gasteiger partial charge in [-0.05, 0) is 23.6 Å². The monoisotopic (exact) mass is 252 g/mol. The van der Waals surface area contributed by atoms with Gasteiger partial charge in [-0.1, -0.05) is 54.6 Å². The summed E-state index contributed by atoms with van der Waals surface area (Å²) < 4.78 is 0. The standard InChI is InChI=1S/C17H16O2/c1-13-7-5-6-10-15(13)12-17(19)16(18)11-14-8-3-2-4-9-14/h2-10H,11-12H2,1H3. The van der Waals surface area contributed by atoms with E-state index in [-0.39, 0.29) is 24.4 Å². The van der Waals surface area contributed by atoms with Crippen LogP contribution in [0.15, 0.2) is 54.6 Å². The topological polar surface area (TPSA) is 34.1 Å². The van der Waals surface area contributed by atoms with Crippen LogP contribution in [0.4, 0.5) is 0 Å². The molecule has 2 heteroatoms. The van der Waals surface area contributed by atoms with Crippen molar-refractivity contribution in [2.45, 2.75) is 19.8 Å². The van der Waals surface area contributed by atoms with Gasteiger partial charge < -0.3 is 0 Å². The number of aryl methyl sites for hydroxylation is 1. The van der Waals surface area contributed by atoms with E-state index in [2.05, 4.69) is 0 Å². The van der Waals surface area contributed by atoms with Gasteiger partial charge in [0.1, 0.15) is 0 Å². The van der Waals surface area contributed by atoms with Crippen LogP contribution < -0.4 is 0 Å². The van der Waals surface area contributed by atoms with Crippen molar-refractivity contribution in [3.63, 3.8) is 0 Å². The Bertz CT molecular complexity index is 585. The zero-order valence-corrected chi connectivity index (χ0v) is 10.9. The minimum atomic E-state index is -0.325. The van der Waals surface area contributed by atoms with E-state index in [1.165, 1.54) is 0 Å². The molecule has 2 nitrogen and oxygen atoms in total. The average Bonchev–Trinajstić information content (AvgIpc) is 2.42. The summed E-state index contributed by atoms with van der Waals surface area (Å²) >= 11 is 0. The predicted octanol–water partition coefficient (Wildman–Crippen LogP) is 2.92. The van der Waals surface area contributed by atoms with Crippen molar-refractivity contribution in [3.05, 3.63) is 71.3 Å². The number of Topliss-reactive ketones (excluding diaryl/α,β-unsaturated/α-hetero) is 2. The largest absolute Gasteiger partial charge is 0.291 e. The lowest BCUT2D eigenvalue weighted by atomic mass is 9.99. The molecule has 0 N–H and O–H groups in total. The molecule has 0 aliphatic rings. The van der Waals surface area contributed by atoms with Gasteiger partial charge in [0.2, 0.25) is 11.6 Å². The van der Waals surface area contributed by atoms with Crippen molar-refractivity contribution in [1.82, 2.24) is 0 Å². The number of carbonyl (C=O) groups excluding carboxylic acids is 2. The minimum Gasteiger partial charge on any atom is -0.291 e. The Balaban J connectivity index is 2.01. The lowest BCUT2D eigenvalue weighted by Crippen LogP contribution is -2.19. The number of carbonyl (C=O) groups is 2. The van der Waals surface area contributed by atoms with E-state index >= 15 is 0 Å². The first-order chi connectivity index (χ1) is 9.16. The molecular formula is C17H16O2. The van der Waals surface area contributed by atoms with Crippen LogP contribution in [0.25, 0.3) is 0 Å². The predicted molar refractivity (Wildman–Crippen MR) is 75.0 cm³/mol. The summed E-state index contributed by atoms with van der Waals surface area (Å²) in [7, 11) is 0. The Hall–Kier alpha value is -2.22. The third kappa shape index (κ3) is 3.62. The summed E-state index contributed by atoms with van der Waals surface area (Å²) in [6.07, 6.45) is 0.379. The Kier molecular flexibility index (Phi) is 4.24. The maximum absolute atomic E-state index is 11.9. The second-order valence-corrected chi connectivity index (χ2v) is 4.61. The molecule has 19 heavy (non-hydrogen) atoms. The summed E-state index contributed by atoms with van der Waals surface area (Å²) in [4.78, 5) is 23.8. The molecule has 0 aliphatic carbocycles. The fourth-order valence-corrected chi connectivity index (χ4v) is 1.96. The Morgan fingerprint density at radius 1 is 0.789 bits per heavy atom.